The highest BCUT2D eigenvalue weighted by Gasteiger charge is 2.23. The van der Waals surface area contributed by atoms with Crippen LogP contribution in [0.2, 0.25) is 0 Å². The van der Waals surface area contributed by atoms with E-state index < -0.39 is 0 Å². The molecule has 1 N–H and O–H groups in total. The SMILES string of the molecule is CCOc1ccc(CC(=O)N2CCC(NC(=O)CC)CC2)cc1. The van der Waals surface area contributed by atoms with Crippen LogP contribution in [0, 0.1) is 0 Å². The van der Waals surface area contributed by atoms with Gasteiger partial charge in [-0.05, 0) is 37.5 Å². The summed E-state index contributed by atoms with van der Waals surface area (Å²) in [6.45, 7) is 5.87. The van der Waals surface area contributed by atoms with Crippen LogP contribution in [0.25, 0.3) is 0 Å². The molecule has 0 aromatic heterocycles. The first kappa shape index (κ1) is 17.3. The van der Waals surface area contributed by atoms with Crippen molar-refractivity contribution in [2.24, 2.45) is 0 Å². The van der Waals surface area contributed by atoms with Gasteiger partial charge >= 0.3 is 0 Å². The molecule has 0 aliphatic carbocycles. The first-order chi connectivity index (χ1) is 11.1. The summed E-state index contributed by atoms with van der Waals surface area (Å²) in [7, 11) is 0. The second-order valence-electron chi connectivity index (χ2n) is 5.83. The number of piperidine rings is 1. The van der Waals surface area contributed by atoms with E-state index in [1.54, 1.807) is 0 Å². The normalized spacial score (nSPS) is 15.3. The lowest BCUT2D eigenvalue weighted by Gasteiger charge is -2.32. The first-order valence-corrected chi connectivity index (χ1v) is 8.41. The predicted octanol–water partition coefficient (Wildman–Crippen LogP) is 2.14. The number of rotatable bonds is 6. The average Bonchev–Trinajstić information content (AvgIpc) is 2.57. The van der Waals surface area contributed by atoms with Crippen LogP contribution < -0.4 is 10.1 Å². The van der Waals surface area contributed by atoms with Gasteiger partial charge in [0.2, 0.25) is 11.8 Å². The van der Waals surface area contributed by atoms with Crippen LogP contribution in [0.5, 0.6) is 5.75 Å². The minimum Gasteiger partial charge on any atom is -0.494 e. The molecule has 1 heterocycles. The molecule has 126 valence electrons. The van der Waals surface area contributed by atoms with Crippen molar-refractivity contribution in [3.8, 4) is 5.75 Å². The Bertz CT molecular complexity index is 520. The summed E-state index contributed by atoms with van der Waals surface area (Å²) >= 11 is 0. The van der Waals surface area contributed by atoms with Crippen LogP contribution in [0.15, 0.2) is 24.3 Å². The fourth-order valence-electron chi connectivity index (χ4n) is 2.76. The van der Waals surface area contributed by atoms with Crippen LogP contribution in [-0.2, 0) is 16.0 Å². The number of ether oxygens (including phenoxy) is 1. The van der Waals surface area contributed by atoms with Gasteiger partial charge in [0, 0.05) is 25.6 Å². The van der Waals surface area contributed by atoms with E-state index in [1.165, 1.54) is 0 Å². The van der Waals surface area contributed by atoms with E-state index in [0.717, 1.165) is 24.2 Å². The highest BCUT2D eigenvalue weighted by Crippen LogP contribution is 2.15. The number of hydrogen-bond donors (Lipinski definition) is 1. The molecule has 5 heteroatoms. The summed E-state index contributed by atoms with van der Waals surface area (Å²) in [4.78, 5) is 25.7. The second-order valence-corrected chi connectivity index (χ2v) is 5.83. The van der Waals surface area contributed by atoms with Gasteiger partial charge in [-0.25, -0.2) is 0 Å². The van der Waals surface area contributed by atoms with Gasteiger partial charge in [-0.15, -0.1) is 0 Å². The lowest BCUT2D eigenvalue weighted by atomic mass is 10.0. The van der Waals surface area contributed by atoms with Crippen LogP contribution in [-0.4, -0.2) is 42.5 Å². The smallest absolute Gasteiger partial charge is 0.226 e. The van der Waals surface area contributed by atoms with Crippen molar-refractivity contribution in [3.05, 3.63) is 29.8 Å². The van der Waals surface area contributed by atoms with Gasteiger partial charge in [0.05, 0.1) is 13.0 Å². The summed E-state index contributed by atoms with van der Waals surface area (Å²) in [5.41, 5.74) is 1.000. The molecule has 0 saturated carbocycles. The first-order valence-electron chi connectivity index (χ1n) is 8.41. The number of benzene rings is 1. The quantitative estimate of drug-likeness (QED) is 0.874. The Kier molecular flexibility index (Phi) is 6.44. The van der Waals surface area contributed by atoms with Gasteiger partial charge in [-0.2, -0.15) is 0 Å². The van der Waals surface area contributed by atoms with Gasteiger partial charge in [-0.1, -0.05) is 19.1 Å². The molecule has 1 aliphatic rings. The van der Waals surface area contributed by atoms with Crippen molar-refractivity contribution < 1.29 is 14.3 Å². The van der Waals surface area contributed by atoms with Crippen LogP contribution in [0.1, 0.15) is 38.7 Å². The molecular weight excluding hydrogens is 292 g/mol. The summed E-state index contributed by atoms with van der Waals surface area (Å²) < 4.78 is 5.40. The minimum absolute atomic E-state index is 0.0872. The number of hydrogen-bond acceptors (Lipinski definition) is 3. The third kappa shape index (κ3) is 5.27. The molecule has 1 aromatic rings. The van der Waals surface area contributed by atoms with Gasteiger partial charge in [0.1, 0.15) is 5.75 Å². The third-order valence-corrected chi connectivity index (χ3v) is 4.12. The van der Waals surface area contributed by atoms with Gasteiger partial charge in [0.15, 0.2) is 0 Å². The Morgan fingerprint density at radius 1 is 1.17 bits per heavy atom. The molecule has 1 saturated heterocycles. The molecule has 1 aliphatic heterocycles. The molecule has 0 bridgehead atoms. The van der Waals surface area contributed by atoms with Crippen molar-refractivity contribution in [1.82, 2.24) is 10.2 Å². The van der Waals surface area contributed by atoms with Crippen LogP contribution in [0.4, 0.5) is 0 Å². The van der Waals surface area contributed by atoms with E-state index in [1.807, 2.05) is 43.0 Å². The van der Waals surface area contributed by atoms with Gasteiger partial charge < -0.3 is 15.0 Å². The van der Waals surface area contributed by atoms with Crippen molar-refractivity contribution >= 4 is 11.8 Å². The Balaban J connectivity index is 1.79. The lowest BCUT2D eigenvalue weighted by Crippen LogP contribution is -2.46. The average molecular weight is 318 g/mol. The van der Waals surface area contributed by atoms with E-state index in [4.69, 9.17) is 4.74 Å². The third-order valence-electron chi connectivity index (χ3n) is 4.12. The molecule has 2 amide bonds. The second kappa shape index (κ2) is 8.56. The maximum atomic E-state index is 12.4. The molecule has 0 radical (unpaired) electrons. The summed E-state index contributed by atoms with van der Waals surface area (Å²) in [6, 6.07) is 7.89. The van der Waals surface area contributed by atoms with E-state index in [0.29, 0.717) is 32.5 Å². The van der Waals surface area contributed by atoms with Gasteiger partial charge in [-0.3, -0.25) is 9.59 Å². The molecule has 23 heavy (non-hydrogen) atoms. The maximum Gasteiger partial charge on any atom is 0.226 e. The van der Waals surface area contributed by atoms with Crippen molar-refractivity contribution in [2.45, 2.75) is 45.6 Å². The molecular formula is C18H26N2O3. The maximum absolute atomic E-state index is 12.4. The zero-order valence-electron chi connectivity index (χ0n) is 14.0. The van der Waals surface area contributed by atoms with Crippen molar-refractivity contribution in [2.75, 3.05) is 19.7 Å². The molecule has 0 unspecified atom stereocenters. The van der Waals surface area contributed by atoms with Crippen LogP contribution >= 0.6 is 0 Å². The Morgan fingerprint density at radius 3 is 2.39 bits per heavy atom. The molecule has 0 atom stereocenters. The Morgan fingerprint density at radius 2 is 1.83 bits per heavy atom. The minimum atomic E-state index is 0.0872. The fraction of sp³-hybridized carbons (Fsp3) is 0.556. The summed E-state index contributed by atoms with van der Waals surface area (Å²) in [6.07, 6.45) is 2.59. The molecule has 5 nitrogen and oxygen atoms in total. The predicted molar refractivity (Wildman–Crippen MR) is 89.4 cm³/mol. The number of amides is 2. The number of nitrogens with one attached hydrogen (secondary N) is 1. The summed E-state index contributed by atoms with van der Waals surface area (Å²) in [5, 5.41) is 3.01. The Labute approximate surface area is 138 Å². The van der Waals surface area contributed by atoms with Crippen LogP contribution in [0.3, 0.4) is 0 Å². The number of carbonyl (C=O) groups excluding carboxylic acids is 2. The zero-order valence-corrected chi connectivity index (χ0v) is 14.0. The number of carbonyl (C=O) groups is 2. The number of likely N-dealkylation sites (tertiary alicyclic amines) is 1. The molecule has 0 spiro atoms. The molecule has 2 rings (SSSR count). The zero-order chi connectivity index (χ0) is 16.7. The standard InChI is InChI=1S/C18H26N2O3/c1-3-17(21)19-15-9-11-20(12-10-15)18(22)13-14-5-7-16(8-6-14)23-4-2/h5-8,15H,3-4,9-13H2,1-2H3,(H,19,21). The molecule has 1 fully saturated rings. The van der Waals surface area contributed by atoms with E-state index in [-0.39, 0.29) is 17.9 Å². The summed E-state index contributed by atoms with van der Waals surface area (Å²) in [5.74, 6) is 1.06. The van der Waals surface area contributed by atoms with E-state index >= 15 is 0 Å². The van der Waals surface area contributed by atoms with E-state index in [9.17, 15) is 9.59 Å². The van der Waals surface area contributed by atoms with Gasteiger partial charge in [0.25, 0.3) is 0 Å². The topological polar surface area (TPSA) is 58.6 Å². The highest BCUT2D eigenvalue weighted by molar-refractivity contribution is 5.79. The highest BCUT2D eigenvalue weighted by atomic mass is 16.5. The van der Waals surface area contributed by atoms with Crippen molar-refractivity contribution in [3.63, 3.8) is 0 Å². The van der Waals surface area contributed by atoms with Crippen molar-refractivity contribution in [1.29, 1.82) is 0 Å². The fourth-order valence-corrected chi connectivity index (χ4v) is 2.76. The monoisotopic (exact) mass is 318 g/mol. The largest absolute Gasteiger partial charge is 0.494 e. The lowest BCUT2D eigenvalue weighted by molar-refractivity contribution is -0.131. The van der Waals surface area contributed by atoms with E-state index in [2.05, 4.69) is 5.32 Å². The Hall–Kier alpha value is -2.04. The molecule has 1 aromatic carbocycles. The number of nitrogens with zero attached hydrogens (tertiary/aromatic N) is 1.